The number of aromatic nitrogens is 4. The van der Waals surface area contributed by atoms with Crippen LogP contribution in [-0.2, 0) is 14.3 Å². The molecular formula is C14H16N6O6. The molecule has 0 aromatic carbocycles. The van der Waals surface area contributed by atoms with Crippen molar-refractivity contribution in [2.24, 2.45) is 0 Å². The standard InChI is InChI=1S/C14H16N6O6/c15-14-17-11-8(12(25)18-14)16-4-20(11)13-10(24)9(23)5(26-13)3-19-6(21)1-2-7(19)22/h4-5,9-10,13,23-24H,1-3H2,(H3,15,17,18,25)/t5-,9-,10-,13-/m1/s1. The van der Waals surface area contributed by atoms with E-state index in [-0.39, 0.29) is 48.3 Å². The maximum Gasteiger partial charge on any atom is 0.280 e. The topological polar surface area (TPSA) is 177 Å². The lowest BCUT2D eigenvalue weighted by molar-refractivity contribution is -0.141. The molecule has 5 N–H and O–H groups in total. The summed E-state index contributed by atoms with van der Waals surface area (Å²) < 4.78 is 6.94. The maximum absolute atomic E-state index is 11.9. The molecule has 12 heteroatoms. The highest BCUT2D eigenvalue weighted by atomic mass is 16.6. The predicted molar refractivity (Wildman–Crippen MR) is 84.4 cm³/mol. The molecule has 4 rings (SSSR count). The van der Waals surface area contributed by atoms with Crippen LogP contribution >= 0.6 is 0 Å². The summed E-state index contributed by atoms with van der Waals surface area (Å²) in [5.41, 5.74) is 5.06. The number of ether oxygens (including phenoxy) is 1. The lowest BCUT2D eigenvalue weighted by Gasteiger charge is -2.20. The summed E-state index contributed by atoms with van der Waals surface area (Å²) in [6, 6.07) is 0. The Morgan fingerprint density at radius 1 is 1.23 bits per heavy atom. The van der Waals surface area contributed by atoms with Gasteiger partial charge in [0.2, 0.25) is 17.8 Å². The summed E-state index contributed by atoms with van der Waals surface area (Å²) >= 11 is 0. The summed E-state index contributed by atoms with van der Waals surface area (Å²) in [6.45, 7) is -0.171. The number of carbonyl (C=O) groups is 2. The van der Waals surface area contributed by atoms with Crippen molar-refractivity contribution >= 4 is 28.9 Å². The fourth-order valence-electron chi connectivity index (χ4n) is 3.25. The summed E-state index contributed by atoms with van der Waals surface area (Å²) in [5.74, 6) is -0.835. The van der Waals surface area contributed by atoms with E-state index in [2.05, 4.69) is 15.0 Å². The van der Waals surface area contributed by atoms with Crippen molar-refractivity contribution in [3.05, 3.63) is 16.7 Å². The largest absolute Gasteiger partial charge is 0.387 e. The van der Waals surface area contributed by atoms with Crippen LogP contribution < -0.4 is 11.3 Å². The second kappa shape index (κ2) is 5.86. The van der Waals surface area contributed by atoms with Crippen LogP contribution in [0.15, 0.2) is 11.1 Å². The number of aromatic amines is 1. The van der Waals surface area contributed by atoms with Gasteiger partial charge >= 0.3 is 0 Å². The first-order chi connectivity index (χ1) is 12.4. The molecule has 0 aliphatic carbocycles. The molecule has 0 spiro atoms. The van der Waals surface area contributed by atoms with E-state index in [4.69, 9.17) is 10.5 Å². The van der Waals surface area contributed by atoms with Crippen LogP contribution in [-0.4, -0.2) is 71.3 Å². The number of hydrogen-bond acceptors (Lipinski definition) is 9. The second-order valence-corrected chi connectivity index (χ2v) is 6.22. The number of imidazole rings is 1. The Labute approximate surface area is 145 Å². The smallest absolute Gasteiger partial charge is 0.280 e. The van der Waals surface area contributed by atoms with E-state index in [0.29, 0.717) is 0 Å². The fourth-order valence-corrected chi connectivity index (χ4v) is 3.25. The Hall–Kier alpha value is -2.83. The van der Waals surface area contributed by atoms with E-state index >= 15 is 0 Å². The van der Waals surface area contributed by atoms with Gasteiger partial charge in [-0.15, -0.1) is 0 Å². The van der Waals surface area contributed by atoms with E-state index in [1.165, 1.54) is 10.9 Å². The normalized spacial score (nSPS) is 29.2. The Kier molecular flexibility index (Phi) is 3.75. The SMILES string of the molecule is Nc1nc2c(ncn2[C@@H]2O[C@H](CN3C(=O)CCC3=O)[C@@H](O)[C@H]2O)c(=O)[nH]1. The zero-order valence-electron chi connectivity index (χ0n) is 13.4. The van der Waals surface area contributed by atoms with Gasteiger partial charge in [-0.3, -0.25) is 28.8 Å². The van der Waals surface area contributed by atoms with E-state index in [1.807, 2.05) is 0 Å². The third-order valence-electron chi connectivity index (χ3n) is 4.58. The third kappa shape index (κ3) is 2.46. The van der Waals surface area contributed by atoms with Gasteiger partial charge in [0, 0.05) is 12.8 Å². The molecule has 0 unspecified atom stereocenters. The number of nitrogens with zero attached hydrogens (tertiary/aromatic N) is 4. The highest BCUT2D eigenvalue weighted by molar-refractivity contribution is 6.01. The number of nitrogen functional groups attached to an aromatic ring is 1. The fraction of sp³-hybridized carbons (Fsp3) is 0.500. The molecule has 4 heterocycles. The summed E-state index contributed by atoms with van der Waals surface area (Å²) in [4.78, 5) is 46.6. The number of hydrogen-bond donors (Lipinski definition) is 4. The van der Waals surface area contributed by atoms with Gasteiger partial charge in [-0.25, -0.2) is 4.98 Å². The Balaban J connectivity index is 1.63. The molecule has 12 nitrogen and oxygen atoms in total. The quantitative estimate of drug-likeness (QED) is 0.428. The molecule has 2 aliphatic rings. The number of fused-ring (bicyclic) bond motifs is 1. The van der Waals surface area contributed by atoms with Gasteiger partial charge in [0.05, 0.1) is 12.9 Å². The lowest BCUT2D eigenvalue weighted by atomic mass is 10.1. The van der Waals surface area contributed by atoms with E-state index in [0.717, 1.165) is 4.90 Å². The third-order valence-corrected chi connectivity index (χ3v) is 4.58. The second-order valence-electron chi connectivity index (χ2n) is 6.22. The summed E-state index contributed by atoms with van der Waals surface area (Å²) in [7, 11) is 0. The van der Waals surface area contributed by atoms with Crippen LogP contribution in [0.1, 0.15) is 19.1 Å². The minimum atomic E-state index is -1.38. The summed E-state index contributed by atoms with van der Waals surface area (Å²) in [5, 5.41) is 20.6. The molecule has 138 valence electrons. The lowest BCUT2D eigenvalue weighted by Crippen LogP contribution is -2.42. The number of aliphatic hydroxyl groups is 2. The van der Waals surface area contributed by atoms with Gasteiger partial charge in [-0.2, -0.15) is 4.98 Å². The number of imide groups is 1. The number of carbonyl (C=O) groups excluding carboxylic acids is 2. The van der Waals surface area contributed by atoms with Crippen LogP contribution in [0.25, 0.3) is 11.2 Å². The van der Waals surface area contributed by atoms with Gasteiger partial charge < -0.3 is 20.7 Å². The molecule has 0 bridgehead atoms. The average molecular weight is 364 g/mol. The Morgan fingerprint density at radius 2 is 1.92 bits per heavy atom. The zero-order chi connectivity index (χ0) is 18.6. The van der Waals surface area contributed by atoms with E-state index in [1.54, 1.807) is 0 Å². The first kappa shape index (κ1) is 16.6. The highest BCUT2D eigenvalue weighted by Gasteiger charge is 2.46. The first-order valence-electron chi connectivity index (χ1n) is 7.94. The van der Waals surface area contributed by atoms with Crippen molar-refractivity contribution in [1.82, 2.24) is 24.4 Å². The van der Waals surface area contributed by atoms with Crippen LogP contribution in [0, 0.1) is 0 Å². The van der Waals surface area contributed by atoms with Crippen LogP contribution in [0.3, 0.4) is 0 Å². The zero-order valence-corrected chi connectivity index (χ0v) is 13.4. The highest BCUT2D eigenvalue weighted by Crippen LogP contribution is 2.32. The molecule has 0 radical (unpaired) electrons. The number of anilines is 1. The molecule has 2 saturated heterocycles. The Morgan fingerprint density at radius 3 is 2.62 bits per heavy atom. The first-order valence-corrected chi connectivity index (χ1v) is 7.94. The minimum Gasteiger partial charge on any atom is -0.387 e. The molecule has 0 saturated carbocycles. The number of likely N-dealkylation sites (tertiary alicyclic amines) is 1. The average Bonchev–Trinajstić information content (AvgIpc) is 3.22. The maximum atomic E-state index is 11.9. The van der Waals surface area contributed by atoms with Crippen molar-refractivity contribution < 1.29 is 24.5 Å². The van der Waals surface area contributed by atoms with Crippen molar-refractivity contribution in [1.29, 1.82) is 0 Å². The van der Waals surface area contributed by atoms with Crippen molar-refractivity contribution in [2.75, 3.05) is 12.3 Å². The monoisotopic (exact) mass is 364 g/mol. The van der Waals surface area contributed by atoms with E-state index in [9.17, 15) is 24.6 Å². The number of rotatable bonds is 3. The van der Waals surface area contributed by atoms with Crippen molar-refractivity contribution in [2.45, 2.75) is 37.4 Å². The van der Waals surface area contributed by atoms with Crippen LogP contribution in [0.2, 0.25) is 0 Å². The van der Waals surface area contributed by atoms with Gasteiger partial charge in [0.15, 0.2) is 17.4 Å². The number of amides is 2. The molecule has 2 aromatic heterocycles. The summed E-state index contributed by atoms with van der Waals surface area (Å²) in [6.07, 6.45) is -3.36. The molecule has 4 atom stereocenters. The number of nitrogens with two attached hydrogens (primary N) is 1. The van der Waals surface area contributed by atoms with Crippen molar-refractivity contribution in [3.63, 3.8) is 0 Å². The molecule has 2 aromatic rings. The van der Waals surface area contributed by atoms with Crippen molar-refractivity contribution in [3.8, 4) is 0 Å². The molecule has 26 heavy (non-hydrogen) atoms. The molecule has 2 fully saturated rings. The van der Waals surface area contributed by atoms with Gasteiger partial charge in [0.1, 0.15) is 18.3 Å². The molecule has 2 aliphatic heterocycles. The van der Waals surface area contributed by atoms with Crippen LogP contribution in [0.4, 0.5) is 5.95 Å². The number of aliphatic hydroxyl groups excluding tert-OH is 2. The number of nitrogens with one attached hydrogen (secondary N) is 1. The van der Waals surface area contributed by atoms with E-state index < -0.39 is 30.1 Å². The molecular weight excluding hydrogens is 348 g/mol. The minimum absolute atomic E-state index is 0.00200. The Bertz CT molecular complexity index is 937. The van der Waals surface area contributed by atoms with Gasteiger partial charge in [0.25, 0.3) is 5.56 Å². The van der Waals surface area contributed by atoms with Gasteiger partial charge in [-0.05, 0) is 0 Å². The predicted octanol–water partition coefficient (Wildman–Crippen LogP) is -2.53. The van der Waals surface area contributed by atoms with Gasteiger partial charge in [-0.1, -0.05) is 0 Å². The van der Waals surface area contributed by atoms with Crippen LogP contribution in [0.5, 0.6) is 0 Å². The number of H-pyrrole nitrogens is 1. The molecule has 2 amide bonds.